The maximum Gasteiger partial charge on any atom is 0.0842 e. The number of likely N-dealkylation sites (tertiary alicyclic amines) is 1. The zero-order chi connectivity index (χ0) is 22.8. The summed E-state index contributed by atoms with van der Waals surface area (Å²) in [6.07, 6.45) is 9.88. The Labute approximate surface area is 205 Å². The van der Waals surface area contributed by atoms with Crippen LogP contribution in [0.2, 0.25) is 0 Å². The van der Waals surface area contributed by atoms with Crippen molar-refractivity contribution in [3.05, 3.63) is 35.9 Å². The number of hydrogen-bond acceptors (Lipinski definition) is 2. The molecule has 0 aromatic heterocycles. The largest absolute Gasteiger partial charge is 0.365 e. The fourth-order valence-electron chi connectivity index (χ4n) is 8.88. The molecule has 5 aliphatic rings. The van der Waals surface area contributed by atoms with Crippen molar-refractivity contribution < 1.29 is 0 Å². The van der Waals surface area contributed by atoms with Crippen LogP contribution in [0.1, 0.15) is 77.7 Å². The van der Waals surface area contributed by atoms with Crippen molar-refractivity contribution in [2.45, 2.75) is 83.6 Å². The molecule has 32 heavy (non-hydrogen) atoms. The molecule has 2 nitrogen and oxygen atoms in total. The normalized spacial score (nSPS) is 42.3. The molecular formula is C28H41ClN2S. The van der Waals surface area contributed by atoms with E-state index < -0.39 is 0 Å². The molecule has 0 spiro atoms. The molecule has 1 saturated heterocycles. The average molecular weight is 473 g/mol. The minimum atomic E-state index is 0.119. The molecule has 2 unspecified atom stereocenters. The Balaban J connectivity index is 1.53. The summed E-state index contributed by atoms with van der Waals surface area (Å²) in [4.78, 5) is 3.84. The van der Waals surface area contributed by atoms with E-state index in [2.05, 4.69) is 56.0 Å². The van der Waals surface area contributed by atoms with Crippen LogP contribution in [0, 0.1) is 28.1 Å². The predicted molar refractivity (Wildman–Crippen MR) is 139 cm³/mol. The zero-order valence-corrected chi connectivity index (χ0v) is 21.8. The first kappa shape index (κ1) is 23.1. The van der Waals surface area contributed by atoms with Crippen molar-refractivity contribution in [2.75, 3.05) is 19.0 Å². The zero-order valence-electron chi connectivity index (χ0n) is 20.2. The van der Waals surface area contributed by atoms with E-state index in [1.165, 1.54) is 49.9 Å². The van der Waals surface area contributed by atoms with E-state index in [0.29, 0.717) is 5.41 Å². The molecule has 4 heteroatoms. The van der Waals surface area contributed by atoms with Crippen LogP contribution in [0.25, 0.3) is 0 Å². The quantitative estimate of drug-likeness (QED) is 0.389. The number of nitrogens with zero attached hydrogens (tertiary/aromatic N) is 1. The Bertz CT molecular complexity index is 849. The molecule has 4 aliphatic carbocycles. The van der Waals surface area contributed by atoms with Crippen molar-refractivity contribution in [3.63, 3.8) is 0 Å². The van der Waals surface area contributed by atoms with Crippen molar-refractivity contribution in [1.82, 2.24) is 4.90 Å². The van der Waals surface area contributed by atoms with Gasteiger partial charge in [-0.2, -0.15) is 0 Å². The van der Waals surface area contributed by atoms with Crippen LogP contribution in [0.5, 0.6) is 0 Å². The smallest absolute Gasteiger partial charge is 0.0842 e. The molecule has 4 saturated carbocycles. The van der Waals surface area contributed by atoms with Gasteiger partial charge in [-0.3, -0.25) is 0 Å². The number of hydrogen-bond donors (Lipinski definition) is 1. The average Bonchev–Trinajstić information content (AvgIpc) is 2.78. The number of piperidine rings is 1. The molecule has 176 valence electrons. The first-order valence-electron chi connectivity index (χ1n) is 12.9. The van der Waals surface area contributed by atoms with Gasteiger partial charge in [0, 0.05) is 30.4 Å². The lowest BCUT2D eigenvalue weighted by molar-refractivity contribution is -0.147. The SMILES string of the molecule is CCC1(CCCl)C2CC3(C(=S)N4CC[C@H](N)C(C)(C)C4)CC1CC(c1ccccc1)(C2)C3. The summed E-state index contributed by atoms with van der Waals surface area (Å²) in [7, 11) is 0. The third-order valence-corrected chi connectivity index (χ3v) is 11.4. The number of alkyl halides is 1. The van der Waals surface area contributed by atoms with Gasteiger partial charge in [-0.25, -0.2) is 0 Å². The van der Waals surface area contributed by atoms with E-state index in [1.54, 1.807) is 5.56 Å². The van der Waals surface area contributed by atoms with E-state index in [9.17, 15) is 0 Å². The topological polar surface area (TPSA) is 29.3 Å². The van der Waals surface area contributed by atoms with E-state index in [1.807, 2.05) is 0 Å². The molecule has 5 fully saturated rings. The Morgan fingerprint density at radius 3 is 2.34 bits per heavy atom. The number of rotatable bonds is 5. The maximum absolute atomic E-state index is 6.48. The Hall–Kier alpha value is -0.640. The van der Waals surface area contributed by atoms with Gasteiger partial charge in [0.25, 0.3) is 0 Å². The van der Waals surface area contributed by atoms with Gasteiger partial charge in [0.05, 0.1) is 4.99 Å². The summed E-state index contributed by atoms with van der Waals surface area (Å²) in [5, 5.41) is 0. The number of halogens is 1. The number of nitrogens with two attached hydrogens (primary N) is 1. The molecule has 6 rings (SSSR count). The highest BCUT2D eigenvalue weighted by atomic mass is 35.5. The highest BCUT2D eigenvalue weighted by molar-refractivity contribution is 7.80. The van der Waals surface area contributed by atoms with E-state index in [4.69, 9.17) is 29.6 Å². The minimum Gasteiger partial charge on any atom is -0.365 e. The van der Waals surface area contributed by atoms with Gasteiger partial charge >= 0.3 is 0 Å². The van der Waals surface area contributed by atoms with Crippen LogP contribution in [-0.4, -0.2) is 34.9 Å². The summed E-state index contributed by atoms with van der Waals surface area (Å²) in [6.45, 7) is 9.09. The molecule has 0 amide bonds. The van der Waals surface area contributed by atoms with E-state index >= 15 is 0 Å². The van der Waals surface area contributed by atoms with Crippen molar-refractivity contribution in [3.8, 4) is 0 Å². The molecule has 4 bridgehead atoms. The summed E-state index contributed by atoms with van der Waals surface area (Å²) in [6, 6.07) is 11.7. The fourth-order valence-corrected chi connectivity index (χ4v) is 9.63. The second-order valence-electron chi connectivity index (χ2n) is 12.4. The van der Waals surface area contributed by atoms with Gasteiger partial charge in [0.2, 0.25) is 0 Å². The number of thiocarbonyl (C=S) groups is 1. The summed E-state index contributed by atoms with van der Waals surface area (Å²) >= 11 is 12.9. The molecule has 1 aromatic carbocycles. The summed E-state index contributed by atoms with van der Waals surface area (Å²) in [5.41, 5.74) is 9.01. The second kappa shape index (κ2) is 7.95. The highest BCUT2D eigenvalue weighted by Gasteiger charge is 2.67. The van der Waals surface area contributed by atoms with E-state index in [0.717, 1.165) is 37.2 Å². The Morgan fingerprint density at radius 1 is 1.12 bits per heavy atom. The Kier molecular flexibility index (Phi) is 5.75. The van der Waals surface area contributed by atoms with E-state index in [-0.39, 0.29) is 22.3 Å². The van der Waals surface area contributed by atoms with Crippen molar-refractivity contribution in [1.29, 1.82) is 0 Å². The molecular weight excluding hydrogens is 432 g/mol. The third-order valence-electron chi connectivity index (χ3n) is 10.5. The predicted octanol–water partition coefficient (Wildman–Crippen LogP) is 6.55. The molecule has 1 heterocycles. The van der Waals surface area contributed by atoms with Gasteiger partial charge in [0.15, 0.2) is 0 Å². The molecule has 1 aliphatic heterocycles. The Morgan fingerprint density at radius 2 is 1.78 bits per heavy atom. The molecule has 2 N–H and O–H groups in total. The summed E-state index contributed by atoms with van der Waals surface area (Å²) < 4.78 is 0. The lowest BCUT2D eigenvalue weighted by Gasteiger charge is -2.70. The highest BCUT2D eigenvalue weighted by Crippen LogP contribution is 2.73. The first-order valence-corrected chi connectivity index (χ1v) is 13.8. The van der Waals surface area contributed by atoms with Gasteiger partial charge in [-0.15, -0.1) is 11.6 Å². The van der Waals surface area contributed by atoms with Crippen LogP contribution in [0.3, 0.4) is 0 Å². The third kappa shape index (κ3) is 3.32. The van der Waals surface area contributed by atoms with Crippen LogP contribution in [0.15, 0.2) is 30.3 Å². The van der Waals surface area contributed by atoms with Crippen LogP contribution >= 0.6 is 23.8 Å². The van der Waals surface area contributed by atoms with Crippen molar-refractivity contribution in [2.24, 2.45) is 33.8 Å². The monoisotopic (exact) mass is 472 g/mol. The van der Waals surface area contributed by atoms with Crippen LogP contribution in [0.4, 0.5) is 0 Å². The van der Waals surface area contributed by atoms with Gasteiger partial charge in [-0.05, 0) is 85.0 Å². The molecule has 1 aromatic rings. The van der Waals surface area contributed by atoms with Gasteiger partial charge in [0.1, 0.15) is 0 Å². The lowest BCUT2D eigenvalue weighted by atomic mass is 9.35. The van der Waals surface area contributed by atoms with Crippen LogP contribution in [-0.2, 0) is 5.41 Å². The lowest BCUT2D eigenvalue weighted by Crippen LogP contribution is -2.66. The molecule has 3 atom stereocenters. The number of benzene rings is 1. The van der Waals surface area contributed by atoms with Crippen LogP contribution < -0.4 is 5.73 Å². The standard InChI is InChI=1S/C28H41ClN2S/c1-4-28(11-12-29)21-14-26(20-8-6-5-7-9-20)15-22(28)17-27(16-21,18-26)24(32)31-13-10-23(30)25(2,3)19-31/h5-9,21-23H,4,10-19,30H2,1-3H3/t21?,22?,23-,26?,27?,28?/m0/s1. The summed E-state index contributed by atoms with van der Waals surface area (Å²) in [5.74, 6) is 2.24. The van der Waals surface area contributed by atoms with Gasteiger partial charge < -0.3 is 10.6 Å². The molecule has 0 radical (unpaired) electrons. The second-order valence-corrected chi connectivity index (χ2v) is 13.2. The van der Waals surface area contributed by atoms with Gasteiger partial charge in [-0.1, -0.05) is 63.3 Å². The first-order chi connectivity index (χ1) is 15.2. The minimum absolute atomic E-state index is 0.119. The maximum atomic E-state index is 6.48. The van der Waals surface area contributed by atoms with Crippen molar-refractivity contribution >= 4 is 28.8 Å². The fraction of sp³-hybridized carbons (Fsp3) is 0.750.